The largest absolute Gasteiger partial charge is 0.497 e. The monoisotopic (exact) mass is 282 g/mol. The SMILES string of the molecule is COc1cccc(-c2ccccc2N2CC(N)CC2=O)c1. The molecule has 4 nitrogen and oxygen atoms in total. The van der Waals surface area contributed by atoms with Crippen molar-refractivity contribution in [2.24, 2.45) is 5.73 Å². The average molecular weight is 282 g/mol. The average Bonchev–Trinajstić information content (AvgIpc) is 2.86. The molecule has 2 aromatic rings. The second-order valence-electron chi connectivity index (χ2n) is 5.22. The van der Waals surface area contributed by atoms with E-state index in [-0.39, 0.29) is 11.9 Å². The molecule has 0 radical (unpaired) electrons. The molecule has 3 rings (SSSR count). The molecule has 1 atom stereocenters. The highest BCUT2D eigenvalue weighted by Crippen LogP contribution is 2.34. The number of nitrogens with zero attached hydrogens (tertiary/aromatic N) is 1. The second-order valence-corrected chi connectivity index (χ2v) is 5.22. The molecule has 1 aliphatic heterocycles. The maximum absolute atomic E-state index is 12.1. The van der Waals surface area contributed by atoms with Crippen LogP contribution in [0.5, 0.6) is 5.75 Å². The molecule has 1 saturated heterocycles. The topological polar surface area (TPSA) is 55.6 Å². The summed E-state index contributed by atoms with van der Waals surface area (Å²) in [7, 11) is 1.65. The Morgan fingerprint density at radius 2 is 2.00 bits per heavy atom. The van der Waals surface area contributed by atoms with Crippen LogP contribution >= 0.6 is 0 Å². The van der Waals surface area contributed by atoms with Crippen LogP contribution in [0.3, 0.4) is 0 Å². The molecular formula is C17H18N2O2. The van der Waals surface area contributed by atoms with Crippen molar-refractivity contribution >= 4 is 11.6 Å². The van der Waals surface area contributed by atoms with Crippen molar-refractivity contribution in [1.29, 1.82) is 0 Å². The van der Waals surface area contributed by atoms with Crippen LogP contribution in [0.25, 0.3) is 11.1 Å². The summed E-state index contributed by atoms with van der Waals surface area (Å²) >= 11 is 0. The van der Waals surface area contributed by atoms with Crippen molar-refractivity contribution in [3.63, 3.8) is 0 Å². The zero-order valence-electron chi connectivity index (χ0n) is 12.0. The van der Waals surface area contributed by atoms with Gasteiger partial charge in [-0.25, -0.2) is 0 Å². The van der Waals surface area contributed by atoms with Gasteiger partial charge in [0.05, 0.1) is 12.8 Å². The van der Waals surface area contributed by atoms with Crippen molar-refractivity contribution in [2.45, 2.75) is 12.5 Å². The van der Waals surface area contributed by atoms with Crippen LogP contribution in [-0.2, 0) is 4.79 Å². The Morgan fingerprint density at radius 1 is 1.19 bits per heavy atom. The molecule has 108 valence electrons. The van der Waals surface area contributed by atoms with Crippen molar-refractivity contribution in [3.8, 4) is 16.9 Å². The van der Waals surface area contributed by atoms with Crippen LogP contribution in [-0.4, -0.2) is 25.6 Å². The lowest BCUT2D eigenvalue weighted by molar-refractivity contribution is -0.117. The van der Waals surface area contributed by atoms with Crippen LogP contribution in [0.1, 0.15) is 6.42 Å². The first-order valence-electron chi connectivity index (χ1n) is 6.98. The van der Waals surface area contributed by atoms with E-state index in [0.717, 1.165) is 22.6 Å². The van der Waals surface area contributed by atoms with Crippen molar-refractivity contribution in [3.05, 3.63) is 48.5 Å². The van der Waals surface area contributed by atoms with Gasteiger partial charge in [0, 0.05) is 24.6 Å². The summed E-state index contributed by atoms with van der Waals surface area (Å²) in [5.74, 6) is 0.879. The number of anilines is 1. The fourth-order valence-electron chi connectivity index (χ4n) is 2.71. The van der Waals surface area contributed by atoms with Gasteiger partial charge in [-0.1, -0.05) is 30.3 Å². The van der Waals surface area contributed by atoms with E-state index >= 15 is 0 Å². The summed E-state index contributed by atoms with van der Waals surface area (Å²) in [6.45, 7) is 0.569. The Hall–Kier alpha value is -2.33. The zero-order chi connectivity index (χ0) is 14.8. The lowest BCUT2D eigenvalue weighted by atomic mass is 10.0. The standard InChI is InChI=1S/C17H18N2O2/c1-21-14-6-4-5-12(9-14)15-7-2-3-8-16(15)19-11-13(18)10-17(19)20/h2-9,13H,10-11,18H2,1H3. The second kappa shape index (κ2) is 5.58. The maximum atomic E-state index is 12.1. The fourth-order valence-corrected chi connectivity index (χ4v) is 2.71. The Bertz CT molecular complexity index is 669. The number of nitrogens with two attached hydrogens (primary N) is 1. The van der Waals surface area contributed by atoms with E-state index in [1.165, 1.54) is 0 Å². The number of methoxy groups -OCH3 is 1. The van der Waals surface area contributed by atoms with Gasteiger partial charge in [-0.3, -0.25) is 4.79 Å². The van der Waals surface area contributed by atoms with Crippen molar-refractivity contribution in [2.75, 3.05) is 18.6 Å². The van der Waals surface area contributed by atoms with E-state index in [9.17, 15) is 4.79 Å². The predicted octanol–water partition coefficient (Wildman–Crippen LogP) is 2.43. The fraction of sp³-hybridized carbons (Fsp3) is 0.235. The van der Waals surface area contributed by atoms with E-state index in [0.29, 0.717) is 13.0 Å². The summed E-state index contributed by atoms with van der Waals surface area (Å²) < 4.78 is 5.28. The Kier molecular flexibility index (Phi) is 3.62. The third-order valence-electron chi connectivity index (χ3n) is 3.73. The van der Waals surface area contributed by atoms with Crippen LogP contribution in [0.2, 0.25) is 0 Å². The quantitative estimate of drug-likeness (QED) is 0.940. The minimum absolute atomic E-state index is 0.0813. The highest BCUT2D eigenvalue weighted by molar-refractivity contribution is 6.00. The minimum atomic E-state index is -0.0872. The van der Waals surface area contributed by atoms with E-state index in [2.05, 4.69) is 0 Å². The van der Waals surface area contributed by atoms with Gasteiger partial charge in [0.15, 0.2) is 0 Å². The van der Waals surface area contributed by atoms with Crippen LogP contribution in [0, 0.1) is 0 Å². The number of rotatable bonds is 3. The van der Waals surface area contributed by atoms with Gasteiger partial charge >= 0.3 is 0 Å². The number of hydrogen-bond acceptors (Lipinski definition) is 3. The van der Waals surface area contributed by atoms with E-state index in [1.807, 2.05) is 48.5 Å². The Labute approximate surface area is 124 Å². The highest BCUT2D eigenvalue weighted by atomic mass is 16.5. The first kappa shape index (κ1) is 13.6. The molecule has 0 saturated carbocycles. The molecule has 0 bridgehead atoms. The molecule has 0 aliphatic carbocycles. The Balaban J connectivity index is 2.05. The number of ether oxygens (including phenoxy) is 1. The molecule has 0 spiro atoms. The first-order chi connectivity index (χ1) is 10.2. The Morgan fingerprint density at radius 3 is 2.71 bits per heavy atom. The summed E-state index contributed by atoms with van der Waals surface area (Å²) in [4.78, 5) is 13.9. The normalized spacial score (nSPS) is 18.1. The minimum Gasteiger partial charge on any atom is -0.497 e. The van der Waals surface area contributed by atoms with Gasteiger partial charge in [0.2, 0.25) is 5.91 Å². The molecule has 2 N–H and O–H groups in total. The maximum Gasteiger partial charge on any atom is 0.228 e. The predicted molar refractivity (Wildman–Crippen MR) is 83.4 cm³/mol. The van der Waals surface area contributed by atoms with Gasteiger partial charge in [0.1, 0.15) is 5.75 Å². The molecule has 1 fully saturated rings. The van der Waals surface area contributed by atoms with E-state index in [4.69, 9.17) is 10.5 Å². The molecule has 1 heterocycles. The first-order valence-corrected chi connectivity index (χ1v) is 6.98. The lowest BCUT2D eigenvalue weighted by Gasteiger charge is -2.20. The molecule has 1 aliphatic rings. The van der Waals surface area contributed by atoms with Crippen LogP contribution in [0.15, 0.2) is 48.5 Å². The smallest absolute Gasteiger partial charge is 0.228 e. The molecule has 4 heteroatoms. The summed E-state index contributed by atoms with van der Waals surface area (Å²) in [5.41, 5.74) is 8.85. The third kappa shape index (κ3) is 2.62. The number of amides is 1. The highest BCUT2D eigenvalue weighted by Gasteiger charge is 2.29. The number of benzene rings is 2. The summed E-state index contributed by atoms with van der Waals surface area (Å²) in [6, 6.07) is 15.6. The van der Waals surface area contributed by atoms with Crippen molar-refractivity contribution in [1.82, 2.24) is 0 Å². The van der Waals surface area contributed by atoms with Gasteiger partial charge in [-0.2, -0.15) is 0 Å². The van der Waals surface area contributed by atoms with Gasteiger partial charge < -0.3 is 15.4 Å². The molecular weight excluding hydrogens is 264 g/mol. The van der Waals surface area contributed by atoms with Gasteiger partial charge in [0.25, 0.3) is 0 Å². The third-order valence-corrected chi connectivity index (χ3v) is 3.73. The molecule has 0 aromatic heterocycles. The number of carbonyl (C=O) groups excluding carboxylic acids is 1. The van der Waals surface area contributed by atoms with Crippen molar-refractivity contribution < 1.29 is 9.53 Å². The molecule has 2 aromatic carbocycles. The van der Waals surface area contributed by atoms with Crippen LogP contribution < -0.4 is 15.4 Å². The summed E-state index contributed by atoms with van der Waals surface area (Å²) in [5, 5.41) is 0. The number of carbonyl (C=O) groups is 1. The molecule has 21 heavy (non-hydrogen) atoms. The number of para-hydroxylation sites is 1. The van der Waals surface area contributed by atoms with Crippen LogP contribution in [0.4, 0.5) is 5.69 Å². The van der Waals surface area contributed by atoms with E-state index < -0.39 is 0 Å². The van der Waals surface area contributed by atoms with E-state index in [1.54, 1.807) is 12.0 Å². The molecule has 1 unspecified atom stereocenters. The lowest BCUT2D eigenvalue weighted by Crippen LogP contribution is -2.28. The van der Waals surface area contributed by atoms with Gasteiger partial charge in [-0.05, 0) is 23.8 Å². The number of hydrogen-bond donors (Lipinski definition) is 1. The zero-order valence-corrected chi connectivity index (χ0v) is 12.0. The molecule has 1 amide bonds. The van der Waals surface area contributed by atoms with Gasteiger partial charge in [-0.15, -0.1) is 0 Å². The summed E-state index contributed by atoms with van der Waals surface area (Å²) in [6.07, 6.45) is 0.409.